The van der Waals surface area contributed by atoms with Crippen molar-refractivity contribution in [3.8, 4) is 11.1 Å². The molecule has 0 bridgehead atoms. The topological polar surface area (TPSA) is 39.3 Å². The van der Waals surface area contributed by atoms with Gasteiger partial charge in [0.15, 0.2) is 0 Å². The predicted octanol–water partition coefficient (Wildman–Crippen LogP) is 5.36. The zero-order chi connectivity index (χ0) is 18.9. The van der Waals surface area contributed by atoms with E-state index in [-0.39, 0.29) is 6.10 Å². The van der Waals surface area contributed by atoms with Gasteiger partial charge in [-0.05, 0) is 78.6 Å². The van der Waals surface area contributed by atoms with E-state index in [0.29, 0.717) is 0 Å². The molecule has 144 valence electrons. The molecule has 2 aromatic carbocycles. The molecule has 2 N–H and O–H groups in total. The molecule has 1 atom stereocenters. The van der Waals surface area contributed by atoms with Crippen molar-refractivity contribution < 1.29 is 5.11 Å². The lowest BCUT2D eigenvalue weighted by Crippen LogP contribution is -2.21. The average molecular weight is 373 g/mol. The minimum absolute atomic E-state index is 0.164. The number of likely N-dealkylation sites (tertiary alicyclic amines) is 1. The molecule has 1 aromatic heterocycles. The number of hydrogen-bond donors (Lipinski definition) is 2. The highest BCUT2D eigenvalue weighted by atomic mass is 16.3. The monoisotopic (exact) mass is 372 g/mol. The molecule has 0 radical (unpaired) electrons. The van der Waals surface area contributed by atoms with Gasteiger partial charge in [-0.25, -0.2) is 0 Å². The molecule has 28 heavy (non-hydrogen) atoms. The fraction of sp³-hybridized carbons (Fsp3) is 0.360. The maximum atomic E-state index is 9.74. The van der Waals surface area contributed by atoms with Crippen LogP contribution in [0.5, 0.6) is 0 Å². The number of H-pyrrole nitrogens is 1. The second-order valence-corrected chi connectivity index (χ2v) is 8.33. The summed E-state index contributed by atoms with van der Waals surface area (Å²) in [4.78, 5) is 5.86. The smallest absolute Gasteiger partial charge is 0.0679 e. The number of fused-ring (bicyclic) bond motifs is 1. The first-order chi connectivity index (χ1) is 13.7. The number of allylic oxidation sites excluding steroid dienone is 2. The number of nitrogens with zero attached hydrogens (tertiary/aromatic N) is 1. The van der Waals surface area contributed by atoms with Crippen LogP contribution in [0.4, 0.5) is 0 Å². The van der Waals surface area contributed by atoms with Crippen LogP contribution in [0.15, 0.2) is 54.6 Å². The molecule has 5 rings (SSSR count). The van der Waals surface area contributed by atoms with Crippen LogP contribution in [0.3, 0.4) is 0 Å². The minimum atomic E-state index is -0.164. The molecule has 2 aliphatic rings. The molecule has 0 saturated carbocycles. The fourth-order valence-electron chi connectivity index (χ4n) is 4.65. The highest BCUT2D eigenvalue weighted by Gasteiger charge is 2.20. The number of β-amino-alcohol motifs (C(OH)–C–C–N with tert-alkyl or cyclic N) is 1. The number of aliphatic hydroxyl groups excluding tert-OH is 1. The van der Waals surface area contributed by atoms with Gasteiger partial charge in [0.2, 0.25) is 0 Å². The van der Waals surface area contributed by atoms with Crippen LogP contribution < -0.4 is 0 Å². The van der Waals surface area contributed by atoms with Crippen LogP contribution in [0, 0.1) is 0 Å². The van der Waals surface area contributed by atoms with Crippen molar-refractivity contribution in [1.82, 2.24) is 9.88 Å². The summed E-state index contributed by atoms with van der Waals surface area (Å²) in [6.07, 6.45) is 8.19. The standard InChI is InChI=1S/C25H28N2O/c28-24-11-12-27(17-24)16-23-15-22-14-21(9-10-25(22)26-23)20-8-4-7-19(13-20)18-5-2-1-3-6-18/h4-5,7-10,13-15,24,26,28H,1-3,6,11-12,16-17H2/t24-/m0/s1. The quantitative estimate of drug-likeness (QED) is 0.647. The Kier molecular flexibility index (Phi) is 4.79. The number of rotatable bonds is 4. The van der Waals surface area contributed by atoms with Crippen LogP contribution in [0.2, 0.25) is 0 Å². The maximum Gasteiger partial charge on any atom is 0.0679 e. The molecule has 1 aliphatic carbocycles. The maximum absolute atomic E-state index is 9.74. The van der Waals surface area contributed by atoms with Crippen LogP contribution in [-0.2, 0) is 6.54 Å². The molecule has 3 aromatic rings. The lowest BCUT2D eigenvalue weighted by Gasteiger charge is -2.14. The van der Waals surface area contributed by atoms with Gasteiger partial charge in [-0.3, -0.25) is 4.90 Å². The first kappa shape index (κ1) is 17.7. The normalized spacial score (nSPS) is 20.6. The molecule has 3 nitrogen and oxygen atoms in total. The molecule has 1 aliphatic heterocycles. The summed E-state index contributed by atoms with van der Waals surface area (Å²) < 4.78 is 0. The molecule has 1 fully saturated rings. The highest BCUT2D eigenvalue weighted by Crippen LogP contribution is 2.31. The lowest BCUT2D eigenvalue weighted by atomic mass is 9.91. The zero-order valence-electron chi connectivity index (χ0n) is 16.3. The second kappa shape index (κ2) is 7.57. The first-order valence-corrected chi connectivity index (χ1v) is 10.6. The Hall–Kier alpha value is -2.36. The Morgan fingerprint density at radius 2 is 1.89 bits per heavy atom. The van der Waals surface area contributed by atoms with E-state index >= 15 is 0 Å². The van der Waals surface area contributed by atoms with Crippen molar-refractivity contribution in [1.29, 1.82) is 0 Å². The Labute approximate surface area is 166 Å². The molecular formula is C25H28N2O. The first-order valence-electron chi connectivity index (χ1n) is 10.6. The molecular weight excluding hydrogens is 344 g/mol. The zero-order valence-corrected chi connectivity index (χ0v) is 16.3. The van der Waals surface area contributed by atoms with Gasteiger partial charge in [-0.15, -0.1) is 0 Å². The van der Waals surface area contributed by atoms with Gasteiger partial charge >= 0.3 is 0 Å². The molecule has 1 saturated heterocycles. The Morgan fingerprint density at radius 1 is 1.00 bits per heavy atom. The van der Waals surface area contributed by atoms with Crippen molar-refractivity contribution in [3.05, 3.63) is 65.9 Å². The van der Waals surface area contributed by atoms with E-state index < -0.39 is 0 Å². The fourth-order valence-corrected chi connectivity index (χ4v) is 4.65. The van der Waals surface area contributed by atoms with E-state index in [2.05, 4.69) is 64.5 Å². The van der Waals surface area contributed by atoms with Crippen molar-refractivity contribution in [2.45, 2.75) is 44.8 Å². The van der Waals surface area contributed by atoms with Crippen molar-refractivity contribution in [2.75, 3.05) is 13.1 Å². The predicted molar refractivity (Wildman–Crippen MR) is 116 cm³/mol. The molecule has 0 unspecified atom stereocenters. The van der Waals surface area contributed by atoms with Crippen LogP contribution >= 0.6 is 0 Å². The summed E-state index contributed by atoms with van der Waals surface area (Å²) in [6, 6.07) is 18.0. The van der Waals surface area contributed by atoms with E-state index in [1.807, 2.05) is 0 Å². The number of benzene rings is 2. The van der Waals surface area contributed by atoms with Crippen molar-refractivity contribution in [3.63, 3.8) is 0 Å². The summed E-state index contributed by atoms with van der Waals surface area (Å²) in [5.74, 6) is 0. The molecule has 2 heterocycles. The summed E-state index contributed by atoms with van der Waals surface area (Å²) in [7, 11) is 0. The second-order valence-electron chi connectivity index (χ2n) is 8.33. The van der Waals surface area contributed by atoms with Gasteiger partial charge in [-0.1, -0.05) is 30.3 Å². The number of aliphatic hydroxyl groups is 1. The van der Waals surface area contributed by atoms with Gasteiger partial charge < -0.3 is 10.1 Å². The number of hydrogen-bond acceptors (Lipinski definition) is 2. The van der Waals surface area contributed by atoms with Crippen LogP contribution in [0.1, 0.15) is 43.4 Å². The van der Waals surface area contributed by atoms with Crippen LogP contribution in [-0.4, -0.2) is 34.2 Å². The third kappa shape index (κ3) is 3.65. The molecule has 0 spiro atoms. The SMILES string of the molecule is O[C@H]1CCN(Cc2cc3cc(-c4cccc(C5=CCCCC5)c4)ccc3[nH]2)C1. The summed E-state index contributed by atoms with van der Waals surface area (Å²) in [5.41, 5.74) is 7.85. The van der Waals surface area contributed by atoms with Crippen molar-refractivity contribution in [2.24, 2.45) is 0 Å². The largest absolute Gasteiger partial charge is 0.392 e. The lowest BCUT2D eigenvalue weighted by molar-refractivity contribution is 0.174. The van der Waals surface area contributed by atoms with Gasteiger partial charge in [0, 0.05) is 36.2 Å². The average Bonchev–Trinajstić information content (AvgIpc) is 3.33. The minimum Gasteiger partial charge on any atom is -0.392 e. The van der Waals surface area contributed by atoms with Gasteiger partial charge in [0.1, 0.15) is 0 Å². The van der Waals surface area contributed by atoms with Crippen LogP contribution in [0.25, 0.3) is 27.6 Å². The Balaban J connectivity index is 1.41. The number of aromatic amines is 1. The summed E-state index contributed by atoms with van der Waals surface area (Å²) >= 11 is 0. The number of nitrogens with one attached hydrogen (secondary N) is 1. The third-order valence-electron chi connectivity index (χ3n) is 6.18. The highest BCUT2D eigenvalue weighted by molar-refractivity contribution is 5.86. The van der Waals surface area contributed by atoms with E-state index in [4.69, 9.17) is 0 Å². The Bertz CT molecular complexity index is 1020. The third-order valence-corrected chi connectivity index (χ3v) is 6.18. The van der Waals surface area contributed by atoms with Crippen molar-refractivity contribution >= 4 is 16.5 Å². The summed E-state index contributed by atoms with van der Waals surface area (Å²) in [6.45, 7) is 2.64. The number of aromatic nitrogens is 1. The van der Waals surface area contributed by atoms with E-state index in [0.717, 1.165) is 26.1 Å². The van der Waals surface area contributed by atoms with E-state index in [1.165, 1.54) is 64.5 Å². The molecule has 3 heteroatoms. The van der Waals surface area contributed by atoms with Gasteiger partial charge in [-0.2, -0.15) is 0 Å². The van der Waals surface area contributed by atoms with Gasteiger partial charge in [0.05, 0.1) is 6.10 Å². The van der Waals surface area contributed by atoms with Gasteiger partial charge in [0.25, 0.3) is 0 Å². The van der Waals surface area contributed by atoms with E-state index in [9.17, 15) is 5.11 Å². The molecule has 0 amide bonds. The van der Waals surface area contributed by atoms with E-state index in [1.54, 1.807) is 0 Å². The Morgan fingerprint density at radius 3 is 2.71 bits per heavy atom. The summed E-state index contributed by atoms with van der Waals surface area (Å²) in [5, 5.41) is 11.0.